The smallest absolute Gasteiger partial charge is 0.169 e. The number of phenols is 1. The van der Waals surface area contributed by atoms with Crippen molar-refractivity contribution in [3.8, 4) is 17.0 Å². The molecule has 0 amide bonds. The van der Waals surface area contributed by atoms with Crippen LogP contribution < -0.4 is 10.6 Å². The molecular weight excluding hydrogens is 314 g/mol. The molecule has 0 radical (unpaired) electrons. The lowest BCUT2D eigenvalue weighted by Gasteiger charge is -2.38. The van der Waals surface area contributed by atoms with Crippen molar-refractivity contribution in [2.45, 2.75) is 25.8 Å². The number of hydrogen-bond acceptors (Lipinski definition) is 6. The Morgan fingerprint density at radius 1 is 1.20 bits per heavy atom. The van der Waals surface area contributed by atoms with E-state index in [0.29, 0.717) is 29.0 Å². The molecule has 3 rings (SSSR count). The molecule has 1 aliphatic rings. The van der Waals surface area contributed by atoms with Gasteiger partial charge in [-0.1, -0.05) is 12.1 Å². The first kappa shape index (κ1) is 17.5. The number of anilines is 2. The number of para-hydroxylation sites is 1. The Labute approximate surface area is 149 Å². The van der Waals surface area contributed by atoms with E-state index in [-0.39, 0.29) is 5.75 Å². The number of benzene rings is 1. The minimum Gasteiger partial charge on any atom is -0.507 e. The van der Waals surface area contributed by atoms with E-state index in [1.54, 1.807) is 12.1 Å². The van der Waals surface area contributed by atoms with Crippen LogP contribution in [0.5, 0.6) is 5.75 Å². The van der Waals surface area contributed by atoms with Crippen LogP contribution in [0.25, 0.3) is 11.3 Å². The number of piperidine rings is 1. The van der Waals surface area contributed by atoms with Crippen LogP contribution in [-0.2, 0) is 0 Å². The van der Waals surface area contributed by atoms with E-state index in [0.717, 1.165) is 31.6 Å². The van der Waals surface area contributed by atoms with Crippen LogP contribution in [0, 0.1) is 5.92 Å². The average molecular weight is 341 g/mol. The molecule has 0 bridgehead atoms. The van der Waals surface area contributed by atoms with E-state index >= 15 is 0 Å². The van der Waals surface area contributed by atoms with Crippen molar-refractivity contribution in [3.05, 3.63) is 30.3 Å². The van der Waals surface area contributed by atoms with Gasteiger partial charge in [-0.15, -0.1) is 10.2 Å². The van der Waals surface area contributed by atoms with E-state index in [9.17, 15) is 5.11 Å². The van der Waals surface area contributed by atoms with Crippen molar-refractivity contribution in [1.82, 2.24) is 15.1 Å². The van der Waals surface area contributed by atoms with Crippen LogP contribution in [0.4, 0.5) is 11.5 Å². The van der Waals surface area contributed by atoms with Gasteiger partial charge in [0.25, 0.3) is 0 Å². The van der Waals surface area contributed by atoms with Crippen LogP contribution >= 0.6 is 0 Å². The van der Waals surface area contributed by atoms with Gasteiger partial charge in [0.05, 0.1) is 11.4 Å². The highest BCUT2D eigenvalue weighted by molar-refractivity contribution is 5.74. The van der Waals surface area contributed by atoms with Crippen LogP contribution in [0.2, 0.25) is 0 Å². The second-order valence-electron chi connectivity index (χ2n) is 7.05. The molecule has 1 atom stereocenters. The average Bonchev–Trinajstić information content (AvgIpc) is 2.62. The van der Waals surface area contributed by atoms with Crippen molar-refractivity contribution in [3.63, 3.8) is 0 Å². The second-order valence-corrected chi connectivity index (χ2v) is 7.05. The molecule has 0 saturated carbocycles. The first-order valence-corrected chi connectivity index (χ1v) is 8.80. The lowest BCUT2D eigenvalue weighted by Crippen LogP contribution is -2.41. The van der Waals surface area contributed by atoms with Gasteiger partial charge in [-0.25, -0.2) is 0 Å². The number of aromatic nitrogens is 2. The van der Waals surface area contributed by atoms with E-state index in [2.05, 4.69) is 41.0 Å². The number of nitrogen functional groups attached to an aromatic ring is 1. The lowest BCUT2D eigenvalue weighted by molar-refractivity contribution is 0.199. The van der Waals surface area contributed by atoms with Crippen molar-refractivity contribution in [1.29, 1.82) is 0 Å². The Morgan fingerprint density at radius 3 is 2.52 bits per heavy atom. The Kier molecular flexibility index (Phi) is 5.08. The molecule has 25 heavy (non-hydrogen) atoms. The van der Waals surface area contributed by atoms with Gasteiger partial charge in [-0.3, -0.25) is 0 Å². The Bertz CT molecular complexity index is 726. The summed E-state index contributed by atoms with van der Waals surface area (Å²) in [6, 6.07) is 9.67. The third kappa shape index (κ3) is 3.69. The zero-order valence-electron chi connectivity index (χ0n) is 15.2. The Balaban J connectivity index is 1.80. The summed E-state index contributed by atoms with van der Waals surface area (Å²) >= 11 is 0. The normalized spacial score (nSPS) is 17.0. The van der Waals surface area contributed by atoms with Crippen LogP contribution in [0.1, 0.15) is 19.8 Å². The van der Waals surface area contributed by atoms with Crippen LogP contribution in [0.3, 0.4) is 0 Å². The predicted octanol–water partition coefficient (Wildman–Crippen LogP) is 2.60. The summed E-state index contributed by atoms with van der Waals surface area (Å²) in [5.74, 6) is 1.34. The summed E-state index contributed by atoms with van der Waals surface area (Å²) in [5, 5.41) is 18.3. The Hall–Kier alpha value is -2.34. The van der Waals surface area contributed by atoms with Gasteiger partial charge >= 0.3 is 0 Å². The molecule has 6 heteroatoms. The number of rotatable bonds is 4. The number of phenolic OH excluding ortho intramolecular Hbond substituents is 1. The van der Waals surface area contributed by atoms with Crippen molar-refractivity contribution in [2.24, 2.45) is 5.92 Å². The second kappa shape index (κ2) is 7.27. The lowest BCUT2D eigenvalue weighted by atomic mass is 9.89. The molecule has 1 aromatic heterocycles. The van der Waals surface area contributed by atoms with Gasteiger partial charge < -0.3 is 20.6 Å². The SMILES string of the molecule is C[C@@H](C1CCN(c2cc(-c3ccccc3O)nnc2N)CC1)N(C)C. The standard InChI is InChI=1S/C19H27N5O/c1-13(23(2)3)14-8-10-24(11-9-14)17-12-16(21-22-19(17)20)15-6-4-5-7-18(15)25/h4-7,12-14,25H,8-11H2,1-3H3,(H2,20,22)/t13-/m0/s1. The Morgan fingerprint density at radius 2 is 1.88 bits per heavy atom. The van der Waals surface area contributed by atoms with Crippen LogP contribution in [0.15, 0.2) is 30.3 Å². The molecule has 2 heterocycles. The zero-order valence-corrected chi connectivity index (χ0v) is 15.2. The summed E-state index contributed by atoms with van der Waals surface area (Å²) in [5.41, 5.74) is 8.32. The molecule has 1 fully saturated rings. The molecule has 0 aliphatic carbocycles. The van der Waals surface area contributed by atoms with Crippen LogP contribution in [-0.4, -0.2) is 53.4 Å². The summed E-state index contributed by atoms with van der Waals surface area (Å²) in [6.45, 7) is 4.21. The molecule has 6 nitrogen and oxygen atoms in total. The van der Waals surface area contributed by atoms with Gasteiger partial charge in [0, 0.05) is 24.7 Å². The highest BCUT2D eigenvalue weighted by Gasteiger charge is 2.26. The fraction of sp³-hybridized carbons (Fsp3) is 0.474. The maximum absolute atomic E-state index is 10.1. The van der Waals surface area contributed by atoms with Gasteiger partial charge in [0.15, 0.2) is 5.82 Å². The predicted molar refractivity (Wildman–Crippen MR) is 102 cm³/mol. The summed E-state index contributed by atoms with van der Waals surface area (Å²) in [4.78, 5) is 4.57. The van der Waals surface area contributed by atoms with E-state index in [1.807, 2.05) is 18.2 Å². The van der Waals surface area contributed by atoms with Gasteiger partial charge in [-0.05, 0) is 58.0 Å². The molecule has 0 unspecified atom stereocenters. The summed E-state index contributed by atoms with van der Waals surface area (Å²) in [6.07, 6.45) is 2.26. The molecule has 134 valence electrons. The third-order valence-corrected chi connectivity index (χ3v) is 5.36. The highest BCUT2D eigenvalue weighted by atomic mass is 16.3. The third-order valence-electron chi connectivity index (χ3n) is 5.36. The van der Waals surface area contributed by atoms with E-state index < -0.39 is 0 Å². The maximum atomic E-state index is 10.1. The topological polar surface area (TPSA) is 78.5 Å². The fourth-order valence-electron chi connectivity index (χ4n) is 3.51. The number of aromatic hydroxyl groups is 1. The van der Waals surface area contributed by atoms with Gasteiger partial charge in [0.2, 0.25) is 0 Å². The fourth-order valence-corrected chi connectivity index (χ4v) is 3.51. The highest BCUT2D eigenvalue weighted by Crippen LogP contribution is 2.33. The quantitative estimate of drug-likeness (QED) is 0.890. The largest absolute Gasteiger partial charge is 0.507 e. The zero-order chi connectivity index (χ0) is 18.0. The molecule has 0 spiro atoms. The minimum atomic E-state index is 0.200. The molecule has 1 saturated heterocycles. The van der Waals surface area contributed by atoms with Crippen molar-refractivity contribution < 1.29 is 5.11 Å². The molecule has 1 aromatic carbocycles. The number of nitrogens with two attached hydrogens (primary N) is 1. The monoisotopic (exact) mass is 341 g/mol. The van der Waals surface area contributed by atoms with Gasteiger partial charge in [-0.2, -0.15) is 0 Å². The molecule has 3 N–H and O–H groups in total. The first-order valence-electron chi connectivity index (χ1n) is 8.80. The number of hydrogen-bond donors (Lipinski definition) is 2. The van der Waals surface area contributed by atoms with Crippen molar-refractivity contribution >= 4 is 11.5 Å². The minimum absolute atomic E-state index is 0.200. The summed E-state index contributed by atoms with van der Waals surface area (Å²) in [7, 11) is 4.28. The van der Waals surface area contributed by atoms with Crippen molar-refractivity contribution in [2.75, 3.05) is 37.8 Å². The first-order chi connectivity index (χ1) is 12.0. The molecular formula is C19H27N5O. The maximum Gasteiger partial charge on any atom is 0.169 e. The number of nitrogens with zero attached hydrogens (tertiary/aromatic N) is 4. The van der Waals surface area contributed by atoms with Gasteiger partial charge in [0.1, 0.15) is 5.75 Å². The summed E-state index contributed by atoms with van der Waals surface area (Å²) < 4.78 is 0. The van der Waals surface area contributed by atoms with E-state index in [4.69, 9.17) is 5.73 Å². The molecule has 1 aliphatic heterocycles. The molecule has 2 aromatic rings. The van der Waals surface area contributed by atoms with E-state index in [1.165, 1.54) is 0 Å².